The summed E-state index contributed by atoms with van der Waals surface area (Å²) in [6.45, 7) is 0. The monoisotopic (exact) mass is 184 g/mol. The van der Waals surface area contributed by atoms with Crippen LogP contribution in [-0.4, -0.2) is 20.3 Å². The highest BCUT2D eigenvalue weighted by Gasteiger charge is 1.92. The molecule has 3 heteroatoms. The van der Waals surface area contributed by atoms with Gasteiger partial charge in [0.15, 0.2) is 0 Å². The molecule has 66 valence electrons. The van der Waals surface area contributed by atoms with E-state index in [1.54, 1.807) is 0 Å². The highest BCUT2D eigenvalue weighted by Crippen LogP contribution is 2.10. The predicted molar refractivity (Wildman–Crippen MR) is 55.9 cm³/mol. The number of nitrogens with zero attached hydrogens (tertiary/aromatic N) is 1. The number of benzene rings is 1. The fourth-order valence-electron chi connectivity index (χ4n) is 0.869. The molecule has 1 aromatic rings. The van der Waals surface area contributed by atoms with Gasteiger partial charge in [-0.05, 0) is 17.7 Å². The Morgan fingerprint density at radius 2 is 1.67 bits per heavy atom. The van der Waals surface area contributed by atoms with Gasteiger partial charge in [-0.2, -0.15) is 0 Å². The molecule has 0 aliphatic rings. The van der Waals surface area contributed by atoms with E-state index in [0.29, 0.717) is 0 Å². The third kappa shape index (κ3) is 2.55. The third-order valence-corrected chi connectivity index (χ3v) is 1.58. The molecule has 1 aromatic carbocycles. The van der Waals surface area contributed by atoms with Gasteiger partial charge < -0.3 is 10.3 Å². The number of halogens is 1. The van der Waals surface area contributed by atoms with Crippen molar-refractivity contribution in [3.8, 4) is 0 Å². The molecule has 1 rings (SSSR count). The molecule has 0 fully saturated rings. The van der Waals surface area contributed by atoms with Gasteiger partial charge in [-0.1, -0.05) is 12.1 Å². The maximum Gasteiger partial charge on any atom is 0.0361 e. The summed E-state index contributed by atoms with van der Waals surface area (Å²) in [7, 11) is 4.00. The van der Waals surface area contributed by atoms with Crippen molar-refractivity contribution in [1.29, 1.82) is 5.41 Å². The van der Waals surface area contributed by atoms with E-state index < -0.39 is 0 Å². The van der Waals surface area contributed by atoms with Crippen LogP contribution in [0.2, 0.25) is 0 Å². The van der Waals surface area contributed by atoms with Crippen molar-refractivity contribution in [1.82, 2.24) is 0 Å². The lowest BCUT2D eigenvalue weighted by atomic mass is 10.2. The summed E-state index contributed by atoms with van der Waals surface area (Å²) in [6.07, 6.45) is 1.35. The largest absolute Gasteiger partial charge is 0.378 e. The summed E-state index contributed by atoms with van der Waals surface area (Å²) >= 11 is 0. The zero-order valence-corrected chi connectivity index (χ0v) is 8.06. The van der Waals surface area contributed by atoms with Gasteiger partial charge in [-0.15, -0.1) is 12.4 Å². The van der Waals surface area contributed by atoms with Crippen LogP contribution in [0.1, 0.15) is 5.56 Å². The van der Waals surface area contributed by atoms with Crippen molar-refractivity contribution >= 4 is 24.3 Å². The molecule has 0 aliphatic carbocycles. The molecular weight excluding hydrogens is 172 g/mol. The summed E-state index contributed by atoms with van der Waals surface area (Å²) in [5.74, 6) is 0. The van der Waals surface area contributed by atoms with Gasteiger partial charge in [-0.25, -0.2) is 0 Å². The van der Waals surface area contributed by atoms with Crippen molar-refractivity contribution in [3.63, 3.8) is 0 Å². The Balaban J connectivity index is 0.00000121. The highest BCUT2D eigenvalue weighted by molar-refractivity contribution is 5.85. The number of nitrogens with one attached hydrogen (secondary N) is 1. The molecule has 0 bridgehead atoms. The van der Waals surface area contributed by atoms with Crippen molar-refractivity contribution in [2.75, 3.05) is 19.0 Å². The third-order valence-electron chi connectivity index (χ3n) is 1.58. The minimum absolute atomic E-state index is 0. The number of anilines is 1. The molecule has 0 radical (unpaired) electrons. The summed E-state index contributed by atoms with van der Waals surface area (Å²) in [5.41, 5.74) is 2.10. The quantitative estimate of drug-likeness (QED) is 0.701. The molecule has 0 aliphatic heterocycles. The zero-order valence-electron chi connectivity index (χ0n) is 7.24. The first kappa shape index (κ1) is 11.0. The van der Waals surface area contributed by atoms with Gasteiger partial charge in [0.2, 0.25) is 0 Å². The molecule has 0 aromatic heterocycles. The molecule has 0 spiro atoms. The van der Waals surface area contributed by atoms with E-state index in [9.17, 15) is 0 Å². The lowest BCUT2D eigenvalue weighted by Gasteiger charge is -2.11. The predicted octanol–water partition coefficient (Wildman–Crippen LogP) is 2.17. The Hall–Kier alpha value is -1.02. The van der Waals surface area contributed by atoms with Crippen molar-refractivity contribution in [2.24, 2.45) is 0 Å². The second kappa shape index (κ2) is 4.78. The van der Waals surface area contributed by atoms with Crippen LogP contribution in [-0.2, 0) is 0 Å². The van der Waals surface area contributed by atoms with Crippen LogP contribution in [0.5, 0.6) is 0 Å². The average Bonchev–Trinajstić information content (AvgIpc) is 2.05. The zero-order chi connectivity index (χ0) is 8.27. The van der Waals surface area contributed by atoms with Crippen LogP contribution < -0.4 is 4.90 Å². The van der Waals surface area contributed by atoms with E-state index in [1.807, 2.05) is 43.3 Å². The fourth-order valence-corrected chi connectivity index (χ4v) is 0.869. The van der Waals surface area contributed by atoms with E-state index in [4.69, 9.17) is 5.41 Å². The Labute approximate surface area is 79.1 Å². The maximum atomic E-state index is 6.98. The topological polar surface area (TPSA) is 27.1 Å². The molecule has 0 amide bonds. The minimum atomic E-state index is 0. The Kier molecular flexibility index (Phi) is 4.37. The Morgan fingerprint density at radius 1 is 1.17 bits per heavy atom. The van der Waals surface area contributed by atoms with Gasteiger partial charge in [0.1, 0.15) is 0 Å². The van der Waals surface area contributed by atoms with Crippen LogP contribution >= 0.6 is 12.4 Å². The maximum absolute atomic E-state index is 6.98. The van der Waals surface area contributed by atoms with E-state index >= 15 is 0 Å². The van der Waals surface area contributed by atoms with Gasteiger partial charge in [0.05, 0.1) is 0 Å². The number of hydrogen-bond donors (Lipinski definition) is 1. The van der Waals surface area contributed by atoms with Gasteiger partial charge >= 0.3 is 0 Å². The van der Waals surface area contributed by atoms with Crippen LogP contribution in [0.3, 0.4) is 0 Å². The van der Waals surface area contributed by atoms with Gasteiger partial charge in [0, 0.05) is 26.0 Å². The first-order chi connectivity index (χ1) is 5.24. The SMILES string of the molecule is CN(C)c1ccc(C=N)cc1.Cl. The Morgan fingerprint density at radius 3 is 2.00 bits per heavy atom. The fraction of sp³-hybridized carbons (Fsp3) is 0.222. The van der Waals surface area contributed by atoms with Crippen molar-refractivity contribution in [2.45, 2.75) is 0 Å². The summed E-state index contributed by atoms with van der Waals surface area (Å²) in [6, 6.07) is 7.87. The average molecular weight is 185 g/mol. The molecule has 1 N–H and O–H groups in total. The molecule has 0 saturated carbocycles. The van der Waals surface area contributed by atoms with Crippen molar-refractivity contribution in [3.05, 3.63) is 29.8 Å². The number of rotatable bonds is 2. The molecule has 12 heavy (non-hydrogen) atoms. The van der Waals surface area contributed by atoms with Crippen LogP contribution in [0.25, 0.3) is 0 Å². The molecule has 0 saturated heterocycles. The molecule has 0 heterocycles. The minimum Gasteiger partial charge on any atom is -0.378 e. The van der Waals surface area contributed by atoms with E-state index in [1.165, 1.54) is 6.21 Å². The van der Waals surface area contributed by atoms with Crippen LogP contribution in [0.15, 0.2) is 24.3 Å². The van der Waals surface area contributed by atoms with Crippen LogP contribution in [0, 0.1) is 5.41 Å². The summed E-state index contributed by atoms with van der Waals surface area (Å²) < 4.78 is 0. The molecular formula is C9H13ClN2. The lowest BCUT2D eigenvalue weighted by Crippen LogP contribution is -2.08. The molecule has 0 unspecified atom stereocenters. The van der Waals surface area contributed by atoms with E-state index in [-0.39, 0.29) is 12.4 Å². The van der Waals surface area contributed by atoms with Crippen LogP contribution in [0.4, 0.5) is 5.69 Å². The molecule has 2 nitrogen and oxygen atoms in total. The highest BCUT2D eigenvalue weighted by atomic mass is 35.5. The van der Waals surface area contributed by atoms with Gasteiger partial charge in [-0.3, -0.25) is 0 Å². The normalized spacial score (nSPS) is 8.50. The first-order valence-electron chi connectivity index (χ1n) is 3.52. The van der Waals surface area contributed by atoms with E-state index in [2.05, 4.69) is 0 Å². The van der Waals surface area contributed by atoms with Crippen molar-refractivity contribution < 1.29 is 0 Å². The Bertz CT molecular complexity index is 241. The second-order valence-electron chi connectivity index (χ2n) is 2.63. The summed E-state index contributed by atoms with van der Waals surface area (Å²) in [5, 5.41) is 6.98. The lowest BCUT2D eigenvalue weighted by molar-refractivity contribution is 1.13. The second-order valence-corrected chi connectivity index (χ2v) is 2.63. The van der Waals surface area contributed by atoms with E-state index in [0.717, 1.165) is 11.3 Å². The number of hydrogen-bond acceptors (Lipinski definition) is 2. The smallest absolute Gasteiger partial charge is 0.0361 e. The van der Waals surface area contributed by atoms with Gasteiger partial charge in [0.25, 0.3) is 0 Å². The summed E-state index contributed by atoms with van der Waals surface area (Å²) in [4.78, 5) is 2.04. The standard InChI is InChI=1S/C9H12N2.ClH/c1-11(2)9-5-3-8(7-10)4-6-9;/h3-7,10H,1-2H3;1H. The first-order valence-corrected chi connectivity index (χ1v) is 3.52. The molecule has 0 atom stereocenters.